The highest BCUT2D eigenvalue weighted by atomic mass is 19.2. The molecule has 1 saturated heterocycles. The van der Waals surface area contributed by atoms with Crippen molar-refractivity contribution in [3.8, 4) is 0 Å². The number of carbonyl (C=O) groups is 2. The Balaban J connectivity index is 1.43. The first-order chi connectivity index (χ1) is 13.4. The fraction of sp³-hybridized carbons (Fsp3) is 0.238. The molecule has 0 aliphatic carbocycles. The van der Waals surface area contributed by atoms with Crippen LogP contribution in [0.15, 0.2) is 42.6 Å². The Hall–Kier alpha value is -3.06. The lowest BCUT2D eigenvalue weighted by Crippen LogP contribution is -2.39. The van der Waals surface area contributed by atoms with Crippen LogP contribution in [0.2, 0.25) is 0 Å². The van der Waals surface area contributed by atoms with Crippen molar-refractivity contribution in [2.45, 2.75) is 25.8 Å². The van der Waals surface area contributed by atoms with Crippen LogP contribution in [-0.4, -0.2) is 29.4 Å². The summed E-state index contributed by atoms with van der Waals surface area (Å²) in [7, 11) is 0. The zero-order chi connectivity index (χ0) is 19.8. The number of hydrogen-bond acceptors (Lipinski definition) is 3. The number of anilines is 1. The standard InChI is InChI=1S/C21H19F2N3O2/c1-12-2-5-18-15(8-12)13(11-25-18)6-7-24-19-10-20(27)26(21(19)28)14-3-4-16(22)17(23)9-14/h2-5,8-9,11,19,24-25H,6-7,10H2,1H3/t19-/m1/s1. The summed E-state index contributed by atoms with van der Waals surface area (Å²) in [5.41, 5.74) is 3.39. The molecule has 2 N–H and O–H groups in total. The first-order valence-electron chi connectivity index (χ1n) is 9.06. The van der Waals surface area contributed by atoms with E-state index in [1.165, 1.54) is 11.6 Å². The Labute approximate surface area is 160 Å². The fourth-order valence-corrected chi connectivity index (χ4v) is 3.57. The van der Waals surface area contributed by atoms with Crippen LogP contribution in [0, 0.1) is 18.6 Å². The summed E-state index contributed by atoms with van der Waals surface area (Å²) in [4.78, 5) is 29.0. The Kier molecular flexibility index (Phi) is 4.68. The highest BCUT2D eigenvalue weighted by molar-refractivity contribution is 6.22. The molecule has 1 atom stereocenters. The minimum atomic E-state index is -1.09. The van der Waals surface area contributed by atoms with Crippen molar-refractivity contribution in [3.05, 3.63) is 65.4 Å². The number of amides is 2. The third kappa shape index (κ3) is 3.29. The van der Waals surface area contributed by atoms with Crippen LogP contribution in [0.4, 0.5) is 14.5 Å². The molecular formula is C21H19F2N3O2. The lowest BCUT2D eigenvalue weighted by Gasteiger charge is -2.15. The molecule has 1 aromatic heterocycles. The molecule has 4 rings (SSSR count). The number of aromatic amines is 1. The number of carbonyl (C=O) groups excluding carboxylic acids is 2. The van der Waals surface area contributed by atoms with Crippen LogP contribution in [0.3, 0.4) is 0 Å². The number of nitrogens with one attached hydrogen (secondary N) is 2. The molecular weight excluding hydrogens is 364 g/mol. The lowest BCUT2D eigenvalue weighted by molar-refractivity contribution is -0.121. The van der Waals surface area contributed by atoms with Crippen LogP contribution in [0.1, 0.15) is 17.5 Å². The third-order valence-corrected chi connectivity index (χ3v) is 5.02. The molecule has 2 amide bonds. The van der Waals surface area contributed by atoms with Gasteiger partial charge >= 0.3 is 0 Å². The monoisotopic (exact) mass is 383 g/mol. The second-order valence-corrected chi connectivity index (χ2v) is 6.99. The molecule has 0 saturated carbocycles. The zero-order valence-corrected chi connectivity index (χ0v) is 15.3. The second-order valence-electron chi connectivity index (χ2n) is 6.99. The van der Waals surface area contributed by atoms with E-state index >= 15 is 0 Å². The number of hydrogen-bond donors (Lipinski definition) is 2. The van der Waals surface area contributed by atoms with Crippen LogP contribution in [-0.2, 0) is 16.0 Å². The van der Waals surface area contributed by atoms with E-state index in [2.05, 4.69) is 16.4 Å². The number of imide groups is 1. The highest BCUT2D eigenvalue weighted by Gasteiger charge is 2.39. The summed E-state index contributed by atoms with van der Waals surface area (Å²) >= 11 is 0. The van der Waals surface area contributed by atoms with E-state index in [0.29, 0.717) is 13.0 Å². The topological polar surface area (TPSA) is 65.2 Å². The highest BCUT2D eigenvalue weighted by Crippen LogP contribution is 2.25. The molecule has 5 nitrogen and oxygen atoms in total. The maximum Gasteiger partial charge on any atom is 0.251 e. The lowest BCUT2D eigenvalue weighted by atomic mass is 10.1. The molecule has 144 valence electrons. The number of nitrogens with zero attached hydrogens (tertiary/aromatic N) is 1. The fourth-order valence-electron chi connectivity index (χ4n) is 3.57. The van der Waals surface area contributed by atoms with Gasteiger partial charge in [0.25, 0.3) is 5.91 Å². The van der Waals surface area contributed by atoms with E-state index < -0.39 is 29.5 Å². The van der Waals surface area contributed by atoms with Crippen LogP contribution in [0.25, 0.3) is 10.9 Å². The largest absolute Gasteiger partial charge is 0.361 e. The molecule has 0 radical (unpaired) electrons. The molecule has 1 aliphatic rings. The smallest absolute Gasteiger partial charge is 0.251 e. The molecule has 1 aliphatic heterocycles. The van der Waals surface area contributed by atoms with Crippen molar-refractivity contribution >= 4 is 28.4 Å². The number of H-pyrrole nitrogens is 1. The van der Waals surface area contributed by atoms with Gasteiger partial charge in [-0.25, -0.2) is 13.7 Å². The zero-order valence-electron chi connectivity index (χ0n) is 15.3. The SMILES string of the molecule is Cc1ccc2[nH]cc(CCN[C@@H]3CC(=O)N(c4ccc(F)c(F)c4)C3=O)c2c1. The molecule has 7 heteroatoms. The van der Waals surface area contributed by atoms with E-state index in [4.69, 9.17) is 0 Å². The van der Waals surface area contributed by atoms with Crippen LogP contribution >= 0.6 is 0 Å². The Morgan fingerprint density at radius 3 is 2.75 bits per heavy atom. The van der Waals surface area contributed by atoms with Crippen molar-refractivity contribution in [1.29, 1.82) is 0 Å². The van der Waals surface area contributed by atoms with E-state index in [0.717, 1.165) is 33.5 Å². The summed E-state index contributed by atoms with van der Waals surface area (Å²) in [6.45, 7) is 2.54. The Morgan fingerprint density at radius 1 is 1.14 bits per heavy atom. The molecule has 3 aromatic rings. The van der Waals surface area contributed by atoms with E-state index in [9.17, 15) is 18.4 Å². The van der Waals surface area contributed by atoms with Crippen LogP contribution < -0.4 is 10.2 Å². The molecule has 2 heterocycles. The van der Waals surface area contributed by atoms with Gasteiger partial charge in [-0.2, -0.15) is 0 Å². The van der Waals surface area contributed by atoms with Gasteiger partial charge in [-0.3, -0.25) is 9.59 Å². The molecule has 2 aromatic carbocycles. The second kappa shape index (κ2) is 7.16. The predicted molar refractivity (Wildman–Crippen MR) is 102 cm³/mol. The molecule has 0 spiro atoms. The number of benzene rings is 2. The van der Waals surface area contributed by atoms with Crippen molar-refractivity contribution < 1.29 is 18.4 Å². The first kappa shape index (κ1) is 18.3. The van der Waals surface area contributed by atoms with Crippen molar-refractivity contribution in [3.63, 3.8) is 0 Å². The normalized spacial score (nSPS) is 17.1. The predicted octanol–water partition coefficient (Wildman–Crippen LogP) is 3.22. The summed E-state index contributed by atoms with van der Waals surface area (Å²) in [5, 5.41) is 4.25. The van der Waals surface area contributed by atoms with Gasteiger partial charge < -0.3 is 10.3 Å². The van der Waals surface area contributed by atoms with Crippen molar-refractivity contribution in [2.75, 3.05) is 11.4 Å². The van der Waals surface area contributed by atoms with Gasteiger partial charge in [-0.1, -0.05) is 11.6 Å². The quantitative estimate of drug-likeness (QED) is 0.665. The number of aromatic nitrogens is 1. The number of halogens is 2. The molecule has 0 unspecified atom stereocenters. The van der Waals surface area contributed by atoms with Crippen molar-refractivity contribution in [2.24, 2.45) is 0 Å². The minimum Gasteiger partial charge on any atom is -0.361 e. The van der Waals surface area contributed by atoms with Gasteiger partial charge in [0, 0.05) is 29.7 Å². The Bertz CT molecular complexity index is 1080. The molecule has 1 fully saturated rings. The summed E-state index contributed by atoms with van der Waals surface area (Å²) < 4.78 is 26.6. The Morgan fingerprint density at radius 2 is 1.96 bits per heavy atom. The van der Waals surface area contributed by atoms with E-state index in [1.54, 1.807) is 0 Å². The third-order valence-electron chi connectivity index (χ3n) is 5.02. The average molecular weight is 383 g/mol. The van der Waals surface area contributed by atoms with Crippen molar-refractivity contribution in [1.82, 2.24) is 10.3 Å². The van der Waals surface area contributed by atoms with E-state index in [-0.39, 0.29) is 12.1 Å². The number of aryl methyl sites for hydroxylation is 1. The van der Waals surface area contributed by atoms with E-state index in [1.807, 2.05) is 25.3 Å². The summed E-state index contributed by atoms with van der Waals surface area (Å²) in [6.07, 6.45) is 2.62. The minimum absolute atomic E-state index is 0.00911. The summed E-state index contributed by atoms with van der Waals surface area (Å²) in [5.74, 6) is -3.00. The number of fused-ring (bicyclic) bond motifs is 1. The van der Waals surface area contributed by atoms with Gasteiger partial charge in [-0.15, -0.1) is 0 Å². The van der Waals surface area contributed by atoms with Gasteiger partial charge in [-0.05, 0) is 43.2 Å². The summed E-state index contributed by atoms with van der Waals surface area (Å²) in [6, 6.07) is 8.50. The first-order valence-corrected chi connectivity index (χ1v) is 9.06. The maximum atomic E-state index is 13.5. The van der Waals surface area contributed by atoms with Gasteiger partial charge in [0.2, 0.25) is 5.91 Å². The maximum absolute atomic E-state index is 13.5. The van der Waals surface area contributed by atoms with Gasteiger partial charge in [0.15, 0.2) is 11.6 Å². The van der Waals surface area contributed by atoms with Crippen LogP contribution in [0.5, 0.6) is 0 Å². The molecule has 0 bridgehead atoms. The molecule has 28 heavy (non-hydrogen) atoms. The number of rotatable bonds is 5. The average Bonchev–Trinajstić information content (AvgIpc) is 3.18. The van der Waals surface area contributed by atoms with Gasteiger partial charge in [0.1, 0.15) is 0 Å². The van der Waals surface area contributed by atoms with Gasteiger partial charge in [0.05, 0.1) is 18.2 Å².